The first kappa shape index (κ1) is 10.4. The van der Waals surface area contributed by atoms with Crippen LogP contribution < -0.4 is 0 Å². The Morgan fingerprint density at radius 2 is 2.12 bits per heavy atom. The van der Waals surface area contributed by atoms with Gasteiger partial charge >= 0.3 is 0 Å². The molecule has 0 radical (unpaired) electrons. The number of nitrogens with zero attached hydrogens (tertiary/aromatic N) is 3. The maximum atomic E-state index is 11.6. The van der Waals surface area contributed by atoms with E-state index in [-0.39, 0.29) is 11.8 Å². The monoisotopic (exact) mass is 227 g/mol. The molecule has 3 rings (SSSR count). The first-order valence-electron chi connectivity index (χ1n) is 5.72. The van der Waals surface area contributed by atoms with Crippen LogP contribution in [0.2, 0.25) is 0 Å². The molecule has 1 atom stereocenters. The van der Waals surface area contributed by atoms with Crippen molar-refractivity contribution in [2.75, 3.05) is 13.1 Å². The maximum Gasteiger partial charge on any atom is 0.257 e. The van der Waals surface area contributed by atoms with Crippen molar-refractivity contribution in [3.8, 4) is 0 Å². The second kappa shape index (κ2) is 4.22. The van der Waals surface area contributed by atoms with Gasteiger partial charge in [-0.05, 0) is 5.56 Å². The highest BCUT2D eigenvalue weighted by Gasteiger charge is 2.35. The van der Waals surface area contributed by atoms with E-state index in [0.29, 0.717) is 0 Å². The number of hydrogen-bond donors (Lipinski definition) is 0. The van der Waals surface area contributed by atoms with Crippen LogP contribution in [-0.2, 0) is 11.3 Å². The maximum absolute atomic E-state index is 11.6. The molecule has 1 aromatic rings. The first-order valence-corrected chi connectivity index (χ1v) is 5.72. The Bertz CT molecular complexity index is 493. The molecule has 0 aromatic heterocycles. The molecule has 17 heavy (non-hydrogen) atoms. The summed E-state index contributed by atoms with van der Waals surface area (Å²) in [5, 5.41) is 0. The largest absolute Gasteiger partial charge is 0.292 e. The Morgan fingerprint density at radius 1 is 1.29 bits per heavy atom. The first-order chi connectivity index (χ1) is 8.33. The number of aliphatic imine (C=N–C) groups is 2. The van der Waals surface area contributed by atoms with Crippen LogP contribution in [0.3, 0.4) is 0 Å². The molecule has 1 saturated heterocycles. The van der Waals surface area contributed by atoms with Crippen molar-refractivity contribution in [1.29, 1.82) is 0 Å². The van der Waals surface area contributed by atoms with E-state index in [1.165, 1.54) is 11.9 Å². The number of benzene rings is 1. The molecule has 4 nitrogen and oxygen atoms in total. The second-order valence-electron chi connectivity index (χ2n) is 4.41. The van der Waals surface area contributed by atoms with E-state index in [1.54, 1.807) is 0 Å². The Morgan fingerprint density at radius 3 is 2.88 bits per heavy atom. The summed E-state index contributed by atoms with van der Waals surface area (Å²) < 4.78 is 0. The van der Waals surface area contributed by atoms with E-state index in [9.17, 15) is 4.79 Å². The van der Waals surface area contributed by atoms with Gasteiger partial charge in [-0.25, -0.2) is 9.98 Å². The number of carbonyl (C=O) groups excluding carboxylic acids is 1. The van der Waals surface area contributed by atoms with Gasteiger partial charge in [-0.2, -0.15) is 0 Å². The fourth-order valence-corrected chi connectivity index (χ4v) is 2.33. The summed E-state index contributed by atoms with van der Waals surface area (Å²) in [6.07, 6.45) is 1.38. The summed E-state index contributed by atoms with van der Waals surface area (Å²) in [5.74, 6) is -0.158. The van der Waals surface area contributed by atoms with Crippen LogP contribution in [0.5, 0.6) is 0 Å². The van der Waals surface area contributed by atoms with Crippen molar-refractivity contribution in [3.05, 3.63) is 35.9 Å². The second-order valence-corrected chi connectivity index (χ2v) is 4.41. The third-order valence-corrected chi connectivity index (χ3v) is 3.18. The summed E-state index contributed by atoms with van der Waals surface area (Å²) in [6.45, 7) is 2.38. The zero-order chi connectivity index (χ0) is 11.7. The van der Waals surface area contributed by atoms with Crippen molar-refractivity contribution in [1.82, 2.24) is 4.90 Å². The molecule has 0 saturated carbocycles. The molecule has 0 aliphatic carbocycles. The smallest absolute Gasteiger partial charge is 0.257 e. The highest BCUT2D eigenvalue weighted by Crippen LogP contribution is 2.19. The van der Waals surface area contributed by atoms with Gasteiger partial charge in [0.15, 0.2) is 0 Å². The van der Waals surface area contributed by atoms with Gasteiger partial charge in [-0.1, -0.05) is 30.3 Å². The SMILES string of the molecule is O=C1N=CN=C2CN(Cc3ccccc3)CC12. The predicted octanol–water partition coefficient (Wildman–Crippen LogP) is 1.13. The van der Waals surface area contributed by atoms with Gasteiger partial charge in [0.1, 0.15) is 6.34 Å². The van der Waals surface area contributed by atoms with Gasteiger partial charge in [-0.3, -0.25) is 9.69 Å². The van der Waals surface area contributed by atoms with E-state index < -0.39 is 0 Å². The molecule has 1 unspecified atom stereocenters. The summed E-state index contributed by atoms with van der Waals surface area (Å²) in [4.78, 5) is 21.7. The van der Waals surface area contributed by atoms with Crippen LogP contribution in [0.15, 0.2) is 40.3 Å². The lowest BCUT2D eigenvalue weighted by molar-refractivity contribution is -0.119. The fourth-order valence-electron chi connectivity index (χ4n) is 2.33. The normalized spacial score (nSPS) is 23.6. The highest BCUT2D eigenvalue weighted by atomic mass is 16.1. The minimum Gasteiger partial charge on any atom is -0.292 e. The lowest BCUT2D eigenvalue weighted by Crippen LogP contribution is -2.24. The van der Waals surface area contributed by atoms with Gasteiger partial charge in [0, 0.05) is 25.3 Å². The van der Waals surface area contributed by atoms with Crippen LogP contribution in [0.4, 0.5) is 0 Å². The van der Waals surface area contributed by atoms with Crippen molar-refractivity contribution >= 4 is 18.0 Å². The van der Waals surface area contributed by atoms with Crippen LogP contribution in [0, 0.1) is 5.92 Å². The molecule has 4 heteroatoms. The molecular formula is C13H13N3O. The Kier molecular flexibility index (Phi) is 2.57. The molecule has 0 N–H and O–H groups in total. The molecule has 0 spiro atoms. The van der Waals surface area contributed by atoms with Crippen LogP contribution in [0.25, 0.3) is 0 Å². The number of hydrogen-bond acceptors (Lipinski definition) is 3. The molecule has 0 bridgehead atoms. The Labute approximate surface area is 99.7 Å². The van der Waals surface area contributed by atoms with Gasteiger partial charge in [0.2, 0.25) is 0 Å². The van der Waals surface area contributed by atoms with Gasteiger partial charge in [-0.15, -0.1) is 0 Å². The van der Waals surface area contributed by atoms with E-state index >= 15 is 0 Å². The molecule has 2 aliphatic rings. The van der Waals surface area contributed by atoms with Crippen LogP contribution in [0.1, 0.15) is 5.56 Å². The molecule has 1 fully saturated rings. The van der Waals surface area contributed by atoms with Gasteiger partial charge < -0.3 is 0 Å². The summed E-state index contributed by atoms with van der Waals surface area (Å²) in [7, 11) is 0. The standard InChI is InChI=1S/C13H13N3O/c17-13-11-7-16(8-12(11)14-9-15-13)6-10-4-2-1-3-5-10/h1-5,9,11H,6-8H2. The van der Waals surface area contributed by atoms with Crippen LogP contribution in [-0.4, -0.2) is 35.9 Å². The Hall–Kier alpha value is -1.81. The van der Waals surface area contributed by atoms with Gasteiger partial charge in [0.25, 0.3) is 5.91 Å². The summed E-state index contributed by atoms with van der Waals surface area (Å²) in [5.41, 5.74) is 2.22. The van der Waals surface area contributed by atoms with Crippen LogP contribution >= 0.6 is 0 Å². The molecule has 2 aliphatic heterocycles. The third kappa shape index (κ3) is 2.03. The lowest BCUT2D eigenvalue weighted by atomic mass is 10.1. The van der Waals surface area contributed by atoms with E-state index in [4.69, 9.17) is 0 Å². The number of fused-ring (bicyclic) bond motifs is 1. The number of rotatable bonds is 2. The molecule has 1 amide bonds. The number of likely N-dealkylation sites (tertiary alicyclic amines) is 1. The van der Waals surface area contributed by atoms with Crippen molar-refractivity contribution in [3.63, 3.8) is 0 Å². The minimum atomic E-state index is -0.108. The Balaban J connectivity index is 1.71. The summed E-state index contributed by atoms with van der Waals surface area (Å²) in [6, 6.07) is 10.3. The molecular weight excluding hydrogens is 214 g/mol. The number of amides is 1. The van der Waals surface area contributed by atoms with Crippen molar-refractivity contribution in [2.24, 2.45) is 15.9 Å². The van der Waals surface area contributed by atoms with Crippen molar-refractivity contribution < 1.29 is 4.79 Å². The highest BCUT2D eigenvalue weighted by molar-refractivity contribution is 6.13. The van der Waals surface area contributed by atoms with E-state index in [1.807, 2.05) is 18.2 Å². The van der Waals surface area contributed by atoms with E-state index in [2.05, 4.69) is 27.0 Å². The minimum absolute atomic E-state index is 0.0504. The fraction of sp³-hybridized carbons (Fsp3) is 0.308. The van der Waals surface area contributed by atoms with Crippen molar-refractivity contribution in [2.45, 2.75) is 6.54 Å². The summed E-state index contributed by atoms with van der Waals surface area (Å²) >= 11 is 0. The van der Waals surface area contributed by atoms with E-state index in [0.717, 1.165) is 25.3 Å². The average Bonchev–Trinajstić information content (AvgIpc) is 2.74. The topological polar surface area (TPSA) is 45.0 Å². The number of carbonyl (C=O) groups is 1. The molecule has 1 aromatic carbocycles. The molecule has 2 heterocycles. The zero-order valence-electron chi connectivity index (χ0n) is 9.41. The quantitative estimate of drug-likeness (QED) is 0.760. The lowest BCUT2D eigenvalue weighted by Gasteiger charge is -2.14. The van der Waals surface area contributed by atoms with Gasteiger partial charge in [0.05, 0.1) is 5.92 Å². The third-order valence-electron chi connectivity index (χ3n) is 3.18. The molecule has 86 valence electrons. The predicted molar refractivity (Wildman–Crippen MR) is 66.1 cm³/mol. The zero-order valence-corrected chi connectivity index (χ0v) is 9.41. The average molecular weight is 227 g/mol.